The molecule has 3 aromatic heterocycles. The lowest BCUT2D eigenvalue weighted by atomic mass is 10.1. The summed E-state index contributed by atoms with van der Waals surface area (Å²) in [5.74, 6) is 0.901. The van der Waals surface area contributed by atoms with E-state index in [9.17, 15) is 4.79 Å². The van der Waals surface area contributed by atoms with Crippen LogP contribution in [0.5, 0.6) is 0 Å². The Morgan fingerprint density at radius 3 is 2.81 bits per heavy atom. The van der Waals surface area contributed by atoms with Gasteiger partial charge in [-0.05, 0) is 50.2 Å². The van der Waals surface area contributed by atoms with E-state index >= 15 is 0 Å². The number of urea groups is 1. The molecule has 1 saturated heterocycles. The molecule has 0 saturated carbocycles. The summed E-state index contributed by atoms with van der Waals surface area (Å²) in [5.41, 5.74) is 1.70. The number of amides is 2. The Morgan fingerprint density at radius 2 is 2.04 bits per heavy atom. The van der Waals surface area contributed by atoms with Crippen LogP contribution < -0.4 is 10.6 Å². The predicted octanol–water partition coefficient (Wildman–Crippen LogP) is 2.95. The van der Waals surface area contributed by atoms with Crippen molar-refractivity contribution in [3.8, 4) is 0 Å². The molecular formula is C20H25N5O2. The van der Waals surface area contributed by atoms with E-state index in [1.54, 1.807) is 6.26 Å². The van der Waals surface area contributed by atoms with Crippen molar-refractivity contribution in [3.63, 3.8) is 0 Å². The first-order valence-electron chi connectivity index (χ1n) is 9.51. The van der Waals surface area contributed by atoms with Gasteiger partial charge in [0.15, 0.2) is 0 Å². The molecule has 0 aliphatic carbocycles. The highest BCUT2D eigenvalue weighted by Crippen LogP contribution is 2.24. The Hall–Kier alpha value is -2.80. The number of furan rings is 1. The summed E-state index contributed by atoms with van der Waals surface area (Å²) in [6, 6.07) is 9.60. The molecule has 0 spiro atoms. The van der Waals surface area contributed by atoms with E-state index in [-0.39, 0.29) is 12.1 Å². The second kappa shape index (κ2) is 8.26. The van der Waals surface area contributed by atoms with Gasteiger partial charge in [0.05, 0.1) is 24.5 Å². The number of rotatable bonds is 6. The molecule has 1 atom stereocenters. The van der Waals surface area contributed by atoms with E-state index in [1.165, 1.54) is 19.3 Å². The number of aromatic nitrogens is 2. The lowest BCUT2D eigenvalue weighted by molar-refractivity contribution is 0.143. The zero-order valence-corrected chi connectivity index (χ0v) is 15.3. The molecule has 0 radical (unpaired) electrons. The highest BCUT2D eigenvalue weighted by molar-refractivity contribution is 5.73. The minimum atomic E-state index is -0.194. The van der Waals surface area contributed by atoms with Crippen LogP contribution in [0.3, 0.4) is 0 Å². The summed E-state index contributed by atoms with van der Waals surface area (Å²) in [6.45, 7) is 2.99. The van der Waals surface area contributed by atoms with E-state index in [0.717, 1.165) is 30.2 Å². The fourth-order valence-electron chi connectivity index (χ4n) is 3.62. The van der Waals surface area contributed by atoms with E-state index in [0.29, 0.717) is 13.1 Å². The number of likely N-dealkylation sites (tertiary alicyclic amines) is 1. The van der Waals surface area contributed by atoms with Gasteiger partial charge < -0.3 is 19.5 Å². The largest absolute Gasteiger partial charge is 0.468 e. The number of hydrogen-bond donors (Lipinski definition) is 2. The first kappa shape index (κ1) is 17.6. The molecule has 4 rings (SSSR count). The van der Waals surface area contributed by atoms with E-state index in [4.69, 9.17) is 4.42 Å². The van der Waals surface area contributed by atoms with Crippen molar-refractivity contribution in [3.05, 3.63) is 60.4 Å². The Morgan fingerprint density at radius 1 is 1.15 bits per heavy atom. The van der Waals surface area contributed by atoms with Gasteiger partial charge in [-0.3, -0.25) is 4.90 Å². The van der Waals surface area contributed by atoms with Crippen molar-refractivity contribution in [2.45, 2.75) is 31.8 Å². The van der Waals surface area contributed by atoms with Crippen molar-refractivity contribution in [2.24, 2.45) is 0 Å². The highest BCUT2D eigenvalue weighted by atomic mass is 16.3. The summed E-state index contributed by atoms with van der Waals surface area (Å²) in [6.07, 6.45) is 9.21. The fourth-order valence-corrected chi connectivity index (χ4v) is 3.62. The van der Waals surface area contributed by atoms with Crippen molar-refractivity contribution in [1.29, 1.82) is 0 Å². The summed E-state index contributed by atoms with van der Waals surface area (Å²) >= 11 is 0. The number of piperidine rings is 1. The molecule has 2 N–H and O–H groups in total. The van der Waals surface area contributed by atoms with Crippen LogP contribution in [0.15, 0.2) is 53.4 Å². The van der Waals surface area contributed by atoms with Gasteiger partial charge in [0, 0.05) is 18.9 Å². The van der Waals surface area contributed by atoms with Gasteiger partial charge in [0.25, 0.3) is 0 Å². The minimum Gasteiger partial charge on any atom is -0.468 e. The average Bonchev–Trinajstić information content (AvgIpc) is 3.37. The van der Waals surface area contributed by atoms with Gasteiger partial charge in [-0.1, -0.05) is 12.5 Å². The van der Waals surface area contributed by atoms with E-state index in [2.05, 4.69) is 20.5 Å². The Kier molecular flexibility index (Phi) is 5.39. The minimum absolute atomic E-state index is 0.0706. The molecule has 2 amide bonds. The molecular weight excluding hydrogens is 342 g/mol. The van der Waals surface area contributed by atoms with Gasteiger partial charge in [-0.25, -0.2) is 9.78 Å². The Labute approximate surface area is 158 Å². The zero-order valence-electron chi connectivity index (χ0n) is 15.3. The molecule has 3 aromatic rings. The number of nitrogens with one attached hydrogen (secondary N) is 2. The molecule has 1 aliphatic heterocycles. The predicted molar refractivity (Wildman–Crippen MR) is 102 cm³/mol. The van der Waals surface area contributed by atoms with E-state index in [1.807, 2.05) is 47.1 Å². The average molecular weight is 367 g/mol. The first-order valence-corrected chi connectivity index (χ1v) is 9.51. The van der Waals surface area contributed by atoms with Gasteiger partial charge in [0.1, 0.15) is 11.4 Å². The second-order valence-corrected chi connectivity index (χ2v) is 6.89. The molecule has 4 heterocycles. The van der Waals surface area contributed by atoms with Gasteiger partial charge in [-0.2, -0.15) is 0 Å². The molecule has 0 bridgehead atoms. The molecule has 1 aliphatic rings. The Balaban J connectivity index is 1.32. The smallest absolute Gasteiger partial charge is 0.315 e. The maximum absolute atomic E-state index is 12.3. The summed E-state index contributed by atoms with van der Waals surface area (Å²) < 4.78 is 7.56. The molecule has 1 unspecified atom stereocenters. The monoisotopic (exact) mass is 367 g/mol. The number of hydrogen-bond acceptors (Lipinski definition) is 4. The van der Waals surface area contributed by atoms with Crippen molar-refractivity contribution in [1.82, 2.24) is 24.9 Å². The van der Waals surface area contributed by atoms with E-state index < -0.39 is 0 Å². The van der Waals surface area contributed by atoms with Crippen LogP contribution in [0, 0.1) is 0 Å². The van der Waals surface area contributed by atoms with Crippen LogP contribution >= 0.6 is 0 Å². The summed E-state index contributed by atoms with van der Waals surface area (Å²) in [7, 11) is 0. The van der Waals surface area contributed by atoms with Crippen LogP contribution in [0.25, 0.3) is 5.65 Å². The third-order valence-electron chi connectivity index (χ3n) is 5.00. The van der Waals surface area contributed by atoms with Crippen LogP contribution in [-0.2, 0) is 6.54 Å². The van der Waals surface area contributed by atoms with Crippen molar-refractivity contribution < 1.29 is 9.21 Å². The number of imidazole rings is 1. The topological polar surface area (TPSA) is 74.8 Å². The van der Waals surface area contributed by atoms with Crippen LogP contribution in [0.2, 0.25) is 0 Å². The standard InChI is InChI=1S/C20H25N5O2/c26-20(21-13-16-15-25-11-5-2-8-19(25)23-16)22-14-17(18-7-6-12-27-18)24-9-3-1-4-10-24/h2,5-8,11-12,15,17H,1,3-4,9-10,13-14H2,(H2,21,22,26). The lowest BCUT2D eigenvalue weighted by Gasteiger charge is -2.33. The van der Waals surface area contributed by atoms with Crippen molar-refractivity contribution in [2.75, 3.05) is 19.6 Å². The maximum atomic E-state index is 12.3. The molecule has 1 fully saturated rings. The third kappa shape index (κ3) is 4.31. The molecule has 0 aromatic carbocycles. The van der Waals surface area contributed by atoms with Gasteiger partial charge in [-0.15, -0.1) is 0 Å². The SMILES string of the molecule is O=C(NCc1cn2ccccc2n1)NCC(c1ccco1)N1CCCCC1. The van der Waals surface area contributed by atoms with Gasteiger partial charge in [0.2, 0.25) is 0 Å². The Bertz CT molecular complexity index is 835. The number of fused-ring (bicyclic) bond motifs is 1. The number of nitrogens with zero attached hydrogens (tertiary/aromatic N) is 3. The molecule has 7 heteroatoms. The first-order chi connectivity index (χ1) is 13.3. The molecule has 27 heavy (non-hydrogen) atoms. The summed E-state index contributed by atoms with van der Waals surface area (Å²) in [4.78, 5) is 19.2. The second-order valence-electron chi connectivity index (χ2n) is 6.89. The quantitative estimate of drug-likeness (QED) is 0.702. The number of carbonyl (C=O) groups excluding carboxylic acids is 1. The third-order valence-corrected chi connectivity index (χ3v) is 5.00. The van der Waals surface area contributed by atoms with Gasteiger partial charge >= 0.3 is 6.03 Å². The normalized spacial score (nSPS) is 16.3. The van der Waals surface area contributed by atoms with Crippen LogP contribution in [0.4, 0.5) is 4.79 Å². The van der Waals surface area contributed by atoms with Crippen LogP contribution in [-0.4, -0.2) is 39.9 Å². The number of carbonyl (C=O) groups is 1. The summed E-state index contributed by atoms with van der Waals surface area (Å²) in [5, 5.41) is 5.87. The highest BCUT2D eigenvalue weighted by Gasteiger charge is 2.24. The molecule has 142 valence electrons. The number of pyridine rings is 1. The van der Waals surface area contributed by atoms with Crippen LogP contribution in [0.1, 0.15) is 36.8 Å². The molecule has 7 nitrogen and oxygen atoms in total. The zero-order chi connectivity index (χ0) is 18.5. The lowest BCUT2D eigenvalue weighted by Crippen LogP contribution is -2.43. The van der Waals surface area contributed by atoms with Crippen molar-refractivity contribution >= 4 is 11.7 Å². The fraction of sp³-hybridized carbons (Fsp3) is 0.400. The maximum Gasteiger partial charge on any atom is 0.315 e.